The van der Waals surface area contributed by atoms with Crippen LogP contribution in [-0.2, 0) is 0 Å². The van der Waals surface area contributed by atoms with E-state index in [1.807, 2.05) is 0 Å². The topological polar surface area (TPSA) is 59.6 Å². The van der Waals surface area contributed by atoms with Crippen LogP contribution in [0.4, 0.5) is 5.69 Å². The molecule has 2 rings (SSSR count). The predicted molar refractivity (Wildman–Crippen MR) is 52.8 cm³/mol. The molecule has 0 aliphatic carbocycles. The van der Waals surface area contributed by atoms with Gasteiger partial charge in [0, 0.05) is 10.9 Å². The molecule has 3 nitrogen and oxygen atoms in total. The zero-order chi connectivity index (χ0) is 10.1. The van der Waals surface area contributed by atoms with Gasteiger partial charge in [-0.25, -0.2) is 0 Å². The zero-order valence-corrected chi connectivity index (χ0v) is 7.27. The van der Waals surface area contributed by atoms with Gasteiger partial charge in [0.2, 0.25) is 0 Å². The van der Waals surface area contributed by atoms with Gasteiger partial charge in [-0.2, -0.15) is 0 Å². The van der Waals surface area contributed by atoms with E-state index in [0.29, 0.717) is 17.1 Å². The van der Waals surface area contributed by atoms with E-state index >= 15 is 0 Å². The molecule has 2 aromatic carbocycles. The van der Waals surface area contributed by atoms with Crippen LogP contribution in [-0.4, -0.2) is 11.4 Å². The molecule has 2 radical (unpaired) electrons. The summed E-state index contributed by atoms with van der Waals surface area (Å²) < 4.78 is 0. The Kier molecular flexibility index (Phi) is 1.85. The summed E-state index contributed by atoms with van der Waals surface area (Å²) in [6, 6.07) is 7.72. The van der Waals surface area contributed by atoms with Crippen molar-refractivity contribution in [1.82, 2.24) is 5.73 Å². The highest BCUT2D eigenvalue weighted by molar-refractivity contribution is 6.04. The Labute approximate surface area is 80.8 Å². The van der Waals surface area contributed by atoms with E-state index in [-0.39, 0.29) is 17.0 Å². The number of benzene rings is 2. The minimum atomic E-state index is 0.0187. The fourth-order valence-electron chi connectivity index (χ4n) is 1.52. The number of phenolic OH excluding ortho intramolecular Hbond substituents is 1. The van der Waals surface area contributed by atoms with Gasteiger partial charge in [-0.1, -0.05) is 12.1 Å². The standard InChI is InChI=1S/C11H7NO2/c12-10-3-1-2-7-4-9(14)5-8(6-13)11(7)10/h1-6,14H. The number of carbonyl (C=O) groups is 1. The Morgan fingerprint density at radius 2 is 2.07 bits per heavy atom. The molecule has 0 aliphatic rings. The summed E-state index contributed by atoms with van der Waals surface area (Å²) in [5.74, 6) is 0.0187. The lowest BCUT2D eigenvalue weighted by Gasteiger charge is -2.03. The molecule has 0 amide bonds. The van der Waals surface area contributed by atoms with Gasteiger partial charge < -0.3 is 5.11 Å². The summed E-state index contributed by atoms with van der Waals surface area (Å²) >= 11 is 0. The number of nitrogens with zero attached hydrogens (tertiary/aromatic N) is 1. The lowest BCUT2D eigenvalue weighted by Crippen LogP contribution is -1.85. The van der Waals surface area contributed by atoms with Crippen LogP contribution < -0.4 is 5.73 Å². The molecule has 14 heavy (non-hydrogen) atoms. The van der Waals surface area contributed by atoms with Crippen LogP contribution in [0.3, 0.4) is 0 Å². The molecule has 0 atom stereocenters. The van der Waals surface area contributed by atoms with Crippen LogP contribution in [0.1, 0.15) is 10.4 Å². The quantitative estimate of drug-likeness (QED) is 0.691. The van der Waals surface area contributed by atoms with Gasteiger partial charge in [-0.05, 0) is 23.6 Å². The Morgan fingerprint density at radius 1 is 1.29 bits per heavy atom. The van der Waals surface area contributed by atoms with Crippen LogP contribution in [0.15, 0.2) is 30.3 Å². The maximum Gasteiger partial charge on any atom is 0.150 e. The molecular weight excluding hydrogens is 178 g/mol. The normalized spacial score (nSPS) is 10.3. The average molecular weight is 185 g/mol. The van der Waals surface area contributed by atoms with Gasteiger partial charge in [-0.3, -0.25) is 4.79 Å². The third kappa shape index (κ3) is 1.19. The lowest BCUT2D eigenvalue weighted by atomic mass is 10.0. The summed E-state index contributed by atoms with van der Waals surface area (Å²) in [5, 5.41) is 10.4. The van der Waals surface area contributed by atoms with Gasteiger partial charge >= 0.3 is 0 Å². The number of aromatic hydroxyl groups is 1. The van der Waals surface area contributed by atoms with E-state index in [0.717, 1.165) is 0 Å². The number of rotatable bonds is 1. The zero-order valence-electron chi connectivity index (χ0n) is 7.27. The second-order valence-electron chi connectivity index (χ2n) is 3.03. The second-order valence-corrected chi connectivity index (χ2v) is 3.03. The summed E-state index contributed by atoms with van der Waals surface area (Å²) in [6.45, 7) is 0. The van der Waals surface area contributed by atoms with Crippen molar-refractivity contribution in [1.29, 1.82) is 0 Å². The van der Waals surface area contributed by atoms with Crippen molar-refractivity contribution in [2.75, 3.05) is 0 Å². The smallest absolute Gasteiger partial charge is 0.150 e. The second kappa shape index (κ2) is 3.03. The Hall–Kier alpha value is -2.03. The SMILES string of the molecule is [N]c1cccc2cc(O)cc(C=O)c12. The molecule has 0 unspecified atom stereocenters. The summed E-state index contributed by atoms with van der Waals surface area (Å²) in [4.78, 5) is 10.7. The van der Waals surface area contributed by atoms with E-state index in [1.165, 1.54) is 18.2 Å². The van der Waals surface area contributed by atoms with E-state index in [9.17, 15) is 15.6 Å². The Morgan fingerprint density at radius 3 is 2.79 bits per heavy atom. The molecule has 0 aliphatic heterocycles. The minimum absolute atomic E-state index is 0.0187. The minimum Gasteiger partial charge on any atom is -0.508 e. The first-order valence-electron chi connectivity index (χ1n) is 4.12. The first-order valence-corrected chi connectivity index (χ1v) is 4.12. The lowest BCUT2D eigenvalue weighted by molar-refractivity contribution is 0.112. The third-order valence-electron chi connectivity index (χ3n) is 2.10. The van der Waals surface area contributed by atoms with E-state index < -0.39 is 0 Å². The summed E-state index contributed by atoms with van der Waals surface area (Å²) in [5.41, 5.74) is 9.87. The molecule has 0 spiro atoms. The molecule has 0 heterocycles. The van der Waals surface area contributed by atoms with Gasteiger partial charge in [0.25, 0.3) is 0 Å². The number of carbonyl (C=O) groups excluding carboxylic acids is 1. The third-order valence-corrected chi connectivity index (χ3v) is 2.10. The van der Waals surface area contributed by atoms with Crippen LogP contribution in [0.2, 0.25) is 0 Å². The van der Waals surface area contributed by atoms with Crippen LogP contribution >= 0.6 is 0 Å². The largest absolute Gasteiger partial charge is 0.508 e. The molecule has 0 saturated heterocycles. The Bertz CT molecular complexity index is 506. The maximum absolute atomic E-state index is 10.7. The van der Waals surface area contributed by atoms with Gasteiger partial charge in [-0.15, -0.1) is 5.73 Å². The van der Waals surface area contributed by atoms with Crippen LogP contribution in [0.5, 0.6) is 5.75 Å². The van der Waals surface area contributed by atoms with Crippen molar-refractivity contribution < 1.29 is 9.90 Å². The molecule has 2 aromatic rings. The first-order chi connectivity index (χ1) is 6.72. The van der Waals surface area contributed by atoms with Crippen LogP contribution in [0.25, 0.3) is 10.8 Å². The van der Waals surface area contributed by atoms with Gasteiger partial charge in [0.1, 0.15) is 5.75 Å². The molecule has 0 fully saturated rings. The molecule has 0 saturated carbocycles. The number of hydrogen-bond donors (Lipinski definition) is 1. The molecule has 0 bridgehead atoms. The van der Waals surface area contributed by atoms with E-state index in [4.69, 9.17) is 0 Å². The molecule has 3 heteroatoms. The average Bonchev–Trinajstić information content (AvgIpc) is 2.16. The van der Waals surface area contributed by atoms with Crippen LogP contribution in [0, 0.1) is 0 Å². The van der Waals surface area contributed by atoms with E-state index in [2.05, 4.69) is 0 Å². The van der Waals surface area contributed by atoms with Crippen molar-refractivity contribution in [3.8, 4) is 5.75 Å². The monoisotopic (exact) mass is 185 g/mol. The van der Waals surface area contributed by atoms with Crippen molar-refractivity contribution >= 4 is 22.7 Å². The predicted octanol–water partition coefficient (Wildman–Crippen LogP) is 2.06. The van der Waals surface area contributed by atoms with Crippen molar-refractivity contribution in [3.05, 3.63) is 35.9 Å². The van der Waals surface area contributed by atoms with E-state index in [1.54, 1.807) is 12.1 Å². The first kappa shape index (κ1) is 8.56. The van der Waals surface area contributed by atoms with Gasteiger partial charge in [0.05, 0.1) is 5.69 Å². The number of hydrogen-bond acceptors (Lipinski definition) is 2. The van der Waals surface area contributed by atoms with Crippen molar-refractivity contribution in [3.63, 3.8) is 0 Å². The highest BCUT2D eigenvalue weighted by atomic mass is 16.3. The Balaban J connectivity index is 2.95. The summed E-state index contributed by atoms with van der Waals surface area (Å²) in [7, 11) is 0. The molecule has 1 N–H and O–H groups in total. The van der Waals surface area contributed by atoms with Crippen molar-refractivity contribution in [2.24, 2.45) is 0 Å². The highest BCUT2D eigenvalue weighted by Gasteiger charge is 2.06. The fourth-order valence-corrected chi connectivity index (χ4v) is 1.52. The number of fused-ring (bicyclic) bond motifs is 1. The maximum atomic E-state index is 10.7. The number of phenols is 1. The number of aldehydes is 1. The summed E-state index contributed by atoms with van der Waals surface area (Å²) in [6.07, 6.45) is 0.613. The fraction of sp³-hybridized carbons (Fsp3) is 0. The van der Waals surface area contributed by atoms with Gasteiger partial charge in [0.15, 0.2) is 6.29 Å². The molecule has 68 valence electrons. The molecular formula is C11H7NO2. The highest BCUT2D eigenvalue weighted by Crippen LogP contribution is 2.28. The van der Waals surface area contributed by atoms with Crippen molar-refractivity contribution in [2.45, 2.75) is 0 Å². The molecule has 0 aromatic heterocycles.